The zero-order chi connectivity index (χ0) is 17.1. The van der Waals surface area contributed by atoms with E-state index in [1.54, 1.807) is 12.1 Å². The molecule has 1 rings (SSSR count). The number of ether oxygens (including phenoxy) is 1. The molecule has 0 heterocycles. The molecule has 23 heavy (non-hydrogen) atoms. The van der Waals surface area contributed by atoms with Crippen LogP contribution in [0.3, 0.4) is 0 Å². The second kappa shape index (κ2) is 10.6. The standard InChI is InChI=1S/C17H27N3O3/c1-4-5-10-23-11-6-9-18-17(22)20-16-12-15(19-14(3)21)8-7-13(16)2/h7-8,12H,4-6,9-11H2,1-3H3,(H,19,21)(H2,18,20,22). The number of aryl methyl sites for hydroxylation is 1. The molecule has 0 fully saturated rings. The van der Waals surface area contributed by atoms with E-state index in [4.69, 9.17) is 4.74 Å². The van der Waals surface area contributed by atoms with E-state index in [1.807, 2.05) is 13.0 Å². The molecule has 6 heteroatoms. The summed E-state index contributed by atoms with van der Waals surface area (Å²) in [7, 11) is 0. The highest BCUT2D eigenvalue weighted by molar-refractivity contribution is 5.93. The van der Waals surface area contributed by atoms with E-state index in [1.165, 1.54) is 6.92 Å². The topological polar surface area (TPSA) is 79.5 Å². The predicted molar refractivity (Wildman–Crippen MR) is 92.8 cm³/mol. The lowest BCUT2D eigenvalue weighted by atomic mass is 10.2. The first-order valence-electron chi connectivity index (χ1n) is 8.03. The third-order valence-electron chi connectivity index (χ3n) is 3.20. The summed E-state index contributed by atoms with van der Waals surface area (Å²) in [6.07, 6.45) is 2.97. The van der Waals surface area contributed by atoms with E-state index in [0.717, 1.165) is 31.4 Å². The van der Waals surface area contributed by atoms with Gasteiger partial charge in [0.15, 0.2) is 0 Å². The van der Waals surface area contributed by atoms with E-state index in [-0.39, 0.29) is 11.9 Å². The molecule has 0 aromatic heterocycles. The Labute approximate surface area is 138 Å². The molecule has 0 aliphatic carbocycles. The van der Waals surface area contributed by atoms with Crippen LogP contribution in [-0.2, 0) is 9.53 Å². The molecule has 0 radical (unpaired) electrons. The monoisotopic (exact) mass is 321 g/mol. The number of hydrogen-bond donors (Lipinski definition) is 3. The third kappa shape index (κ3) is 8.21. The van der Waals surface area contributed by atoms with Crippen LogP contribution in [0.1, 0.15) is 38.7 Å². The van der Waals surface area contributed by atoms with Gasteiger partial charge in [-0.25, -0.2) is 4.79 Å². The van der Waals surface area contributed by atoms with Crippen LogP contribution >= 0.6 is 0 Å². The minimum Gasteiger partial charge on any atom is -0.381 e. The lowest BCUT2D eigenvalue weighted by Gasteiger charge is -2.12. The van der Waals surface area contributed by atoms with Gasteiger partial charge in [-0.05, 0) is 37.5 Å². The molecule has 3 N–H and O–H groups in total. The highest BCUT2D eigenvalue weighted by Gasteiger charge is 2.06. The lowest BCUT2D eigenvalue weighted by Crippen LogP contribution is -2.30. The fourth-order valence-corrected chi connectivity index (χ4v) is 1.93. The van der Waals surface area contributed by atoms with Gasteiger partial charge in [0.2, 0.25) is 5.91 Å². The van der Waals surface area contributed by atoms with Crippen LogP contribution in [-0.4, -0.2) is 31.7 Å². The predicted octanol–water partition coefficient (Wildman–Crippen LogP) is 3.28. The summed E-state index contributed by atoms with van der Waals surface area (Å²) in [5, 5.41) is 8.28. The van der Waals surface area contributed by atoms with E-state index < -0.39 is 0 Å². The Morgan fingerprint density at radius 3 is 2.57 bits per heavy atom. The summed E-state index contributed by atoms with van der Waals surface area (Å²) < 4.78 is 5.43. The molecule has 0 saturated carbocycles. The zero-order valence-corrected chi connectivity index (χ0v) is 14.2. The first-order chi connectivity index (χ1) is 11.0. The summed E-state index contributed by atoms with van der Waals surface area (Å²) in [6, 6.07) is 5.13. The number of carbonyl (C=O) groups excluding carboxylic acids is 2. The maximum atomic E-state index is 11.9. The van der Waals surface area contributed by atoms with Crippen LogP contribution in [0.2, 0.25) is 0 Å². The Hall–Kier alpha value is -2.08. The fourth-order valence-electron chi connectivity index (χ4n) is 1.93. The Morgan fingerprint density at radius 2 is 1.87 bits per heavy atom. The van der Waals surface area contributed by atoms with Gasteiger partial charge in [-0.15, -0.1) is 0 Å². The van der Waals surface area contributed by atoms with Crippen molar-refractivity contribution in [1.29, 1.82) is 0 Å². The molecule has 6 nitrogen and oxygen atoms in total. The van der Waals surface area contributed by atoms with Gasteiger partial charge in [0.1, 0.15) is 0 Å². The average Bonchev–Trinajstić information content (AvgIpc) is 2.49. The smallest absolute Gasteiger partial charge is 0.319 e. The molecule has 3 amide bonds. The van der Waals surface area contributed by atoms with E-state index in [2.05, 4.69) is 22.9 Å². The van der Waals surface area contributed by atoms with Gasteiger partial charge in [0, 0.05) is 38.1 Å². The molecule has 1 aromatic carbocycles. The third-order valence-corrected chi connectivity index (χ3v) is 3.20. The number of urea groups is 1. The van der Waals surface area contributed by atoms with Gasteiger partial charge in [-0.3, -0.25) is 4.79 Å². The first-order valence-corrected chi connectivity index (χ1v) is 8.03. The second-order valence-electron chi connectivity index (χ2n) is 5.41. The molecule has 0 spiro atoms. The summed E-state index contributed by atoms with van der Waals surface area (Å²) in [6.45, 7) is 7.45. The van der Waals surface area contributed by atoms with Crippen LogP contribution in [0.15, 0.2) is 18.2 Å². The van der Waals surface area contributed by atoms with Crippen LogP contribution in [0.25, 0.3) is 0 Å². The number of carbonyl (C=O) groups is 2. The lowest BCUT2D eigenvalue weighted by molar-refractivity contribution is -0.114. The average molecular weight is 321 g/mol. The van der Waals surface area contributed by atoms with Crippen molar-refractivity contribution in [2.75, 3.05) is 30.4 Å². The number of rotatable bonds is 9. The minimum absolute atomic E-state index is 0.146. The van der Waals surface area contributed by atoms with E-state index in [0.29, 0.717) is 24.5 Å². The number of benzene rings is 1. The Kier molecular flexibility index (Phi) is 8.75. The van der Waals surface area contributed by atoms with E-state index >= 15 is 0 Å². The largest absolute Gasteiger partial charge is 0.381 e. The van der Waals surface area contributed by atoms with E-state index in [9.17, 15) is 9.59 Å². The van der Waals surface area contributed by atoms with Crippen LogP contribution < -0.4 is 16.0 Å². The molecule has 0 unspecified atom stereocenters. The highest BCUT2D eigenvalue weighted by atomic mass is 16.5. The van der Waals surface area contributed by atoms with Crippen molar-refractivity contribution in [3.8, 4) is 0 Å². The highest BCUT2D eigenvalue weighted by Crippen LogP contribution is 2.20. The Bertz CT molecular complexity index is 518. The maximum absolute atomic E-state index is 11.9. The fraction of sp³-hybridized carbons (Fsp3) is 0.529. The molecule has 128 valence electrons. The van der Waals surface area contributed by atoms with Gasteiger partial charge in [0.25, 0.3) is 0 Å². The van der Waals surface area contributed by atoms with Crippen LogP contribution in [0.5, 0.6) is 0 Å². The number of nitrogens with one attached hydrogen (secondary N) is 3. The number of hydrogen-bond acceptors (Lipinski definition) is 3. The molecule has 0 bridgehead atoms. The second-order valence-corrected chi connectivity index (χ2v) is 5.41. The van der Waals surface area contributed by atoms with Gasteiger partial charge < -0.3 is 20.7 Å². The summed E-state index contributed by atoms with van der Waals surface area (Å²) >= 11 is 0. The molecular weight excluding hydrogens is 294 g/mol. The normalized spacial score (nSPS) is 10.2. The molecule has 0 atom stereocenters. The number of unbranched alkanes of at least 4 members (excludes halogenated alkanes) is 1. The number of amides is 3. The van der Waals surface area contributed by atoms with Gasteiger partial charge in [-0.2, -0.15) is 0 Å². The van der Waals surface area contributed by atoms with Gasteiger partial charge in [-0.1, -0.05) is 19.4 Å². The van der Waals surface area contributed by atoms with Crippen molar-refractivity contribution in [2.45, 2.75) is 40.0 Å². The quantitative estimate of drug-likeness (QED) is 0.611. The van der Waals surface area contributed by atoms with Crippen molar-refractivity contribution < 1.29 is 14.3 Å². The molecule has 0 aliphatic rings. The van der Waals surface area contributed by atoms with Crippen LogP contribution in [0, 0.1) is 6.92 Å². The van der Waals surface area contributed by atoms with Crippen molar-refractivity contribution in [1.82, 2.24) is 5.32 Å². The molecule has 0 aliphatic heterocycles. The first kappa shape index (κ1) is 19.0. The van der Waals surface area contributed by atoms with Crippen molar-refractivity contribution in [3.63, 3.8) is 0 Å². The summed E-state index contributed by atoms with van der Waals surface area (Å²) in [5.74, 6) is -0.146. The summed E-state index contributed by atoms with van der Waals surface area (Å²) in [5.41, 5.74) is 2.26. The van der Waals surface area contributed by atoms with Crippen LogP contribution in [0.4, 0.5) is 16.2 Å². The van der Waals surface area contributed by atoms with Crippen molar-refractivity contribution in [2.24, 2.45) is 0 Å². The minimum atomic E-state index is -0.262. The zero-order valence-electron chi connectivity index (χ0n) is 14.2. The van der Waals surface area contributed by atoms with Crippen molar-refractivity contribution >= 4 is 23.3 Å². The van der Waals surface area contributed by atoms with Crippen molar-refractivity contribution in [3.05, 3.63) is 23.8 Å². The Balaban J connectivity index is 2.34. The van der Waals surface area contributed by atoms with Gasteiger partial charge in [0.05, 0.1) is 0 Å². The number of anilines is 2. The molecule has 0 saturated heterocycles. The summed E-state index contributed by atoms with van der Waals surface area (Å²) in [4.78, 5) is 23.0. The molecular formula is C17H27N3O3. The maximum Gasteiger partial charge on any atom is 0.319 e. The van der Waals surface area contributed by atoms with Gasteiger partial charge >= 0.3 is 6.03 Å². The molecule has 1 aromatic rings. The SMILES string of the molecule is CCCCOCCCNC(=O)Nc1cc(NC(C)=O)ccc1C. The Morgan fingerprint density at radius 1 is 1.13 bits per heavy atom.